The molecule has 5 heteroatoms. The van der Waals surface area contributed by atoms with E-state index in [1.54, 1.807) is 0 Å². The van der Waals surface area contributed by atoms with Crippen LogP contribution in [0.25, 0.3) is 0 Å². The zero-order chi connectivity index (χ0) is 15.1. The molecule has 0 aliphatic rings. The lowest BCUT2D eigenvalue weighted by molar-refractivity contribution is 0.234. The number of urea groups is 1. The van der Waals surface area contributed by atoms with Gasteiger partial charge in [-0.3, -0.25) is 0 Å². The first-order valence-electron chi connectivity index (χ1n) is 6.70. The van der Waals surface area contributed by atoms with Gasteiger partial charge in [0.2, 0.25) is 0 Å². The molecule has 0 fully saturated rings. The average Bonchev–Trinajstić information content (AvgIpc) is 2.50. The summed E-state index contributed by atoms with van der Waals surface area (Å²) < 4.78 is 6.41. The second-order valence-corrected chi connectivity index (χ2v) is 5.22. The molecule has 2 aromatic rings. The second kappa shape index (κ2) is 7.69. The normalized spacial score (nSPS) is 10.0. The summed E-state index contributed by atoms with van der Waals surface area (Å²) >= 11 is 3.37. The number of ether oxygens (including phenoxy) is 1. The molecule has 0 saturated heterocycles. The minimum absolute atomic E-state index is 0.118. The van der Waals surface area contributed by atoms with Crippen molar-refractivity contribution < 1.29 is 9.53 Å². The molecular formula is C16H17BrN2O2. The zero-order valence-corrected chi connectivity index (χ0v) is 13.3. The maximum Gasteiger partial charge on any atom is 0.321 e. The zero-order valence-electron chi connectivity index (χ0n) is 11.7. The summed E-state index contributed by atoms with van der Waals surface area (Å²) in [6.07, 6.45) is 0.888. The monoisotopic (exact) mass is 348 g/mol. The van der Waals surface area contributed by atoms with Gasteiger partial charge in [-0.25, -0.2) is 4.79 Å². The lowest BCUT2D eigenvalue weighted by atomic mass is 10.1. The number of aryl methyl sites for hydroxylation is 1. The summed E-state index contributed by atoms with van der Waals surface area (Å²) in [5, 5.41) is 5.41. The number of halogens is 1. The molecule has 0 aliphatic heterocycles. The van der Waals surface area contributed by atoms with Crippen molar-refractivity contribution in [1.82, 2.24) is 5.32 Å². The maximum atomic E-state index is 11.8. The van der Waals surface area contributed by atoms with Crippen LogP contribution in [0.4, 0.5) is 10.5 Å². The van der Waals surface area contributed by atoms with Crippen LogP contribution in [0, 0.1) is 0 Å². The first-order valence-corrected chi connectivity index (χ1v) is 7.50. The Labute approximate surface area is 132 Å². The maximum absolute atomic E-state index is 11.8. The van der Waals surface area contributed by atoms with Gasteiger partial charge in [-0.1, -0.05) is 37.3 Å². The van der Waals surface area contributed by atoms with Crippen LogP contribution in [0.1, 0.15) is 12.5 Å². The number of benzene rings is 2. The van der Waals surface area contributed by atoms with Crippen molar-refractivity contribution in [2.24, 2.45) is 0 Å². The molecule has 2 amide bonds. The van der Waals surface area contributed by atoms with Crippen LogP contribution in [-0.4, -0.2) is 12.8 Å². The Hall–Kier alpha value is -2.01. The lowest BCUT2D eigenvalue weighted by Crippen LogP contribution is -2.32. The van der Waals surface area contributed by atoms with Crippen LogP contribution in [0.3, 0.4) is 0 Å². The fourth-order valence-corrected chi connectivity index (χ4v) is 2.23. The molecule has 0 spiro atoms. The summed E-state index contributed by atoms with van der Waals surface area (Å²) in [5.74, 6) is 0.793. The summed E-state index contributed by atoms with van der Waals surface area (Å²) in [6, 6.07) is 14.9. The van der Waals surface area contributed by atoms with Gasteiger partial charge in [-0.2, -0.15) is 0 Å². The minimum Gasteiger partial charge on any atom is -0.473 e. The van der Waals surface area contributed by atoms with Gasteiger partial charge in [0.1, 0.15) is 5.75 Å². The Bertz CT molecular complexity index is 617. The number of carbonyl (C=O) groups is 1. The number of nitrogens with one attached hydrogen (secondary N) is 2. The fourth-order valence-electron chi connectivity index (χ4n) is 1.85. The number of hydrogen-bond donors (Lipinski definition) is 2. The van der Waals surface area contributed by atoms with Crippen molar-refractivity contribution in [3.05, 3.63) is 58.6 Å². The molecule has 0 heterocycles. The van der Waals surface area contributed by atoms with Crippen molar-refractivity contribution >= 4 is 27.6 Å². The van der Waals surface area contributed by atoms with E-state index in [2.05, 4.69) is 33.5 Å². The van der Waals surface area contributed by atoms with E-state index in [0.717, 1.165) is 22.2 Å². The van der Waals surface area contributed by atoms with Crippen LogP contribution < -0.4 is 15.4 Å². The number of para-hydroxylation sites is 2. The molecule has 0 atom stereocenters. The molecule has 2 N–H and O–H groups in total. The third-order valence-corrected chi connectivity index (χ3v) is 3.63. The van der Waals surface area contributed by atoms with E-state index in [1.165, 1.54) is 0 Å². The van der Waals surface area contributed by atoms with Gasteiger partial charge in [0.25, 0.3) is 0 Å². The van der Waals surface area contributed by atoms with E-state index >= 15 is 0 Å². The van der Waals surface area contributed by atoms with Gasteiger partial charge < -0.3 is 15.4 Å². The van der Waals surface area contributed by atoms with Crippen LogP contribution >= 0.6 is 15.9 Å². The van der Waals surface area contributed by atoms with Gasteiger partial charge in [-0.05, 0) is 46.1 Å². The second-order valence-electron chi connectivity index (χ2n) is 4.36. The molecule has 0 radical (unpaired) electrons. The van der Waals surface area contributed by atoms with Gasteiger partial charge >= 0.3 is 6.03 Å². The first kappa shape index (κ1) is 15.4. The molecule has 4 nitrogen and oxygen atoms in total. The predicted octanol–water partition coefficient (Wildman–Crippen LogP) is 4.17. The molecule has 2 rings (SSSR count). The van der Waals surface area contributed by atoms with Crippen molar-refractivity contribution in [2.75, 3.05) is 12.0 Å². The number of amides is 2. The van der Waals surface area contributed by atoms with E-state index in [1.807, 2.05) is 48.5 Å². The highest BCUT2D eigenvalue weighted by molar-refractivity contribution is 9.10. The summed E-state index contributed by atoms with van der Waals surface area (Å²) in [6.45, 7) is 2.18. The highest BCUT2D eigenvalue weighted by atomic mass is 79.9. The standard InChI is InChI=1S/C16H17BrN2O2/c1-2-12-7-3-6-10-15(12)21-11-18-16(20)19-14-9-5-4-8-13(14)17/h3-10H,2,11H2,1H3,(H2,18,19,20). The smallest absolute Gasteiger partial charge is 0.321 e. The predicted molar refractivity (Wildman–Crippen MR) is 87.6 cm³/mol. The van der Waals surface area contributed by atoms with E-state index in [0.29, 0.717) is 5.69 Å². The van der Waals surface area contributed by atoms with Crippen molar-refractivity contribution in [3.8, 4) is 5.75 Å². The summed E-state index contributed by atoms with van der Waals surface area (Å²) in [7, 11) is 0. The summed E-state index contributed by atoms with van der Waals surface area (Å²) in [5.41, 5.74) is 1.83. The van der Waals surface area contributed by atoms with E-state index in [-0.39, 0.29) is 12.8 Å². The Morgan fingerprint density at radius 3 is 2.62 bits per heavy atom. The van der Waals surface area contributed by atoms with Gasteiger partial charge in [0.05, 0.1) is 5.69 Å². The largest absolute Gasteiger partial charge is 0.473 e. The van der Waals surface area contributed by atoms with E-state index in [4.69, 9.17) is 4.74 Å². The highest BCUT2D eigenvalue weighted by Gasteiger charge is 2.05. The van der Waals surface area contributed by atoms with Crippen molar-refractivity contribution in [1.29, 1.82) is 0 Å². The molecule has 21 heavy (non-hydrogen) atoms. The minimum atomic E-state index is -0.309. The topological polar surface area (TPSA) is 50.4 Å². The third kappa shape index (κ3) is 4.49. The molecule has 2 aromatic carbocycles. The SMILES string of the molecule is CCc1ccccc1OCNC(=O)Nc1ccccc1Br. The molecule has 0 aromatic heterocycles. The number of rotatable bonds is 5. The van der Waals surface area contributed by atoms with Gasteiger partial charge in [0, 0.05) is 4.47 Å². The van der Waals surface area contributed by atoms with E-state index < -0.39 is 0 Å². The first-order chi connectivity index (χ1) is 10.2. The van der Waals surface area contributed by atoms with Crippen molar-refractivity contribution in [3.63, 3.8) is 0 Å². The van der Waals surface area contributed by atoms with Crippen LogP contribution in [0.5, 0.6) is 5.75 Å². The van der Waals surface area contributed by atoms with Gasteiger partial charge in [-0.15, -0.1) is 0 Å². The number of hydrogen-bond acceptors (Lipinski definition) is 2. The summed E-state index contributed by atoms with van der Waals surface area (Å²) in [4.78, 5) is 11.8. The van der Waals surface area contributed by atoms with E-state index in [9.17, 15) is 4.79 Å². The molecular weight excluding hydrogens is 332 g/mol. The third-order valence-electron chi connectivity index (χ3n) is 2.94. The molecule has 0 saturated carbocycles. The Morgan fingerprint density at radius 1 is 1.14 bits per heavy atom. The molecule has 0 aliphatic carbocycles. The Morgan fingerprint density at radius 2 is 1.86 bits per heavy atom. The molecule has 0 bridgehead atoms. The van der Waals surface area contributed by atoms with Gasteiger partial charge in [0.15, 0.2) is 6.73 Å². The number of carbonyl (C=O) groups excluding carboxylic acids is 1. The average molecular weight is 349 g/mol. The van der Waals surface area contributed by atoms with Crippen molar-refractivity contribution in [2.45, 2.75) is 13.3 Å². The lowest BCUT2D eigenvalue weighted by Gasteiger charge is -2.12. The molecule has 110 valence electrons. The highest BCUT2D eigenvalue weighted by Crippen LogP contribution is 2.21. The molecule has 0 unspecified atom stereocenters. The van der Waals surface area contributed by atoms with Crippen LogP contribution in [-0.2, 0) is 6.42 Å². The quantitative estimate of drug-likeness (QED) is 0.796. The fraction of sp³-hybridized carbons (Fsp3) is 0.188. The number of anilines is 1. The van der Waals surface area contributed by atoms with Crippen LogP contribution in [0.15, 0.2) is 53.0 Å². The Balaban J connectivity index is 1.83. The van der Waals surface area contributed by atoms with Crippen LogP contribution in [0.2, 0.25) is 0 Å². The Kier molecular flexibility index (Phi) is 5.63.